The average molecular weight is 372 g/mol. The Labute approximate surface area is 155 Å². The molecule has 2 N–H and O–H groups in total. The maximum absolute atomic E-state index is 12.6. The molecule has 26 heavy (non-hydrogen) atoms. The summed E-state index contributed by atoms with van der Waals surface area (Å²) in [6, 6.07) is 6.72. The molecule has 2 aromatic rings. The quantitative estimate of drug-likeness (QED) is 0.790. The monoisotopic (exact) mass is 372 g/mol. The largest absolute Gasteiger partial charge is 0.329 e. The number of hydrogen-bond acceptors (Lipinski definition) is 5. The van der Waals surface area contributed by atoms with Gasteiger partial charge in [0.15, 0.2) is 0 Å². The Balaban J connectivity index is 1.73. The van der Waals surface area contributed by atoms with Gasteiger partial charge in [0.1, 0.15) is 4.88 Å². The minimum absolute atomic E-state index is 0.0259. The fourth-order valence-electron chi connectivity index (χ4n) is 2.61. The Kier molecular flexibility index (Phi) is 5.03. The number of anilines is 1. The number of aromatic nitrogens is 1. The van der Waals surface area contributed by atoms with E-state index < -0.39 is 6.03 Å². The standard InChI is InChI=1S/C18H20N4O3S/c1-10(2)17-20-11(3)15(26-17)16(24)21-13-6-4-5-12(7-13)9-22-14(23)8-19-18(22)25/h4-7,10H,8-9H2,1-3H3,(H,19,25)(H,21,24). The van der Waals surface area contributed by atoms with Crippen molar-refractivity contribution in [3.63, 3.8) is 0 Å². The molecule has 0 saturated carbocycles. The molecule has 4 amide bonds. The molecule has 2 heterocycles. The van der Waals surface area contributed by atoms with Gasteiger partial charge in [0, 0.05) is 11.6 Å². The van der Waals surface area contributed by atoms with E-state index in [1.54, 1.807) is 18.2 Å². The first-order valence-corrected chi connectivity index (χ1v) is 9.12. The van der Waals surface area contributed by atoms with Gasteiger partial charge < -0.3 is 10.6 Å². The van der Waals surface area contributed by atoms with Crippen LogP contribution in [0.1, 0.15) is 45.7 Å². The summed E-state index contributed by atoms with van der Waals surface area (Å²) in [7, 11) is 0. The van der Waals surface area contributed by atoms with Crippen LogP contribution in [-0.2, 0) is 11.3 Å². The lowest BCUT2D eigenvalue weighted by molar-refractivity contribution is -0.125. The fraction of sp³-hybridized carbons (Fsp3) is 0.333. The molecule has 3 rings (SSSR count). The highest BCUT2D eigenvalue weighted by atomic mass is 32.1. The lowest BCUT2D eigenvalue weighted by Crippen LogP contribution is -2.30. The van der Waals surface area contributed by atoms with Gasteiger partial charge >= 0.3 is 6.03 Å². The molecule has 0 radical (unpaired) electrons. The van der Waals surface area contributed by atoms with E-state index in [-0.39, 0.29) is 30.8 Å². The number of thiazole rings is 1. The molecular formula is C18H20N4O3S. The van der Waals surface area contributed by atoms with Crippen molar-refractivity contribution in [2.75, 3.05) is 11.9 Å². The van der Waals surface area contributed by atoms with Crippen LogP contribution in [0.25, 0.3) is 0 Å². The predicted molar refractivity (Wildman–Crippen MR) is 99.3 cm³/mol. The number of urea groups is 1. The van der Waals surface area contributed by atoms with Crippen molar-refractivity contribution in [1.82, 2.24) is 15.2 Å². The lowest BCUT2D eigenvalue weighted by Gasteiger charge is -2.13. The molecule has 1 aromatic heterocycles. The highest BCUT2D eigenvalue weighted by molar-refractivity contribution is 7.14. The van der Waals surface area contributed by atoms with Gasteiger partial charge in [0.05, 0.1) is 23.8 Å². The molecule has 0 aliphatic carbocycles. The van der Waals surface area contributed by atoms with Gasteiger partial charge in [0.2, 0.25) is 5.91 Å². The van der Waals surface area contributed by atoms with Gasteiger partial charge in [0.25, 0.3) is 5.91 Å². The highest BCUT2D eigenvalue weighted by Crippen LogP contribution is 2.25. The van der Waals surface area contributed by atoms with Gasteiger partial charge in [-0.05, 0) is 24.6 Å². The molecule has 0 atom stereocenters. The molecule has 1 aliphatic heterocycles. The van der Waals surface area contributed by atoms with E-state index in [9.17, 15) is 14.4 Å². The number of aryl methyl sites for hydroxylation is 1. The van der Waals surface area contributed by atoms with E-state index in [0.29, 0.717) is 16.3 Å². The number of nitrogens with one attached hydrogen (secondary N) is 2. The van der Waals surface area contributed by atoms with Gasteiger partial charge in [-0.2, -0.15) is 0 Å². The maximum atomic E-state index is 12.6. The molecule has 1 saturated heterocycles. The number of imide groups is 1. The second-order valence-electron chi connectivity index (χ2n) is 6.41. The van der Waals surface area contributed by atoms with E-state index in [1.807, 2.05) is 26.8 Å². The summed E-state index contributed by atoms with van der Waals surface area (Å²) in [5.74, 6) is -0.197. The first kappa shape index (κ1) is 18.1. The van der Waals surface area contributed by atoms with Crippen molar-refractivity contribution < 1.29 is 14.4 Å². The summed E-state index contributed by atoms with van der Waals surface area (Å²) in [6.45, 7) is 6.10. The van der Waals surface area contributed by atoms with Crippen molar-refractivity contribution in [2.45, 2.75) is 33.2 Å². The van der Waals surface area contributed by atoms with Crippen LogP contribution in [0.4, 0.5) is 10.5 Å². The first-order valence-electron chi connectivity index (χ1n) is 8.31. The van der Waals surface area contributed by atoms with Crippen LogP contribution in [0.5, 0.6) is 0 Å². The average Bonchev–Trinajstić information content (AvgIpc) is 3.13. The molecule has 0 unspecified atom stereocenters. The van der Waals surface area contributed by atoms with Crippen LogP contribution in [-0.4, -0.2) is 34.3 Å². The van der Waals surface area contributed by atoms with Crippen molar-refractivity contribution in [3.05, 3.63) is 45.4 Å². The van der Waals surface area contributed by atoms with Crippen LogP contribution in [0.2, 0.25) is 0 Å². The molecular weight excluding hydrogens is 352 g/mol. The summed E-state index contributed by atoms with van der Waals surface area (Å²) < 4.78 is 0. The van der Waals surface area contributed by atoms with Crippen molar-refractivity contribution in [1.29, 1.82) is 0 Å². The molecule has 136 valence electrons. The number of carbonyl (C=O) groups is 3. The number of benzene rings is 1. The van der Waals surface area contributed by atoms with E-state index >= 15 is 0 Å². The van der Waals surface area contributed by atoms with Crippen molar-refractivity contribution >= 4 is 34.9 Å². The third kappa shape index (κ3) is 3.75. The predicted octanol–water partition coefficient (Wildman–Crippen LogP) is 2.88. The van der Waals surface area contributed by atoms with E-state index in [1.165, 1.54) is 11.3 Å². The summed E-state index contributed by atoms with van der Waals surface area (Å²) >= 11 is 1.40. The third-order valence-corrected chi connectivity index (χ3v) is 5.43. The summed E-state index contributed by atoms with van der Waals surface area (Å²) in [6.07, 6.45) is 0. The second-order valence-corrected chi connectivity index (χ2v) is 7.45. The van der Waals surface area contributed by atoms with Gasteiger partial charge in [-0.3, -0.25) is 14.5 Å². The van der Waals surface area contributed by atoms with Gasteiger partial charge in [-0.15, -0.1) is 11.3 Å². The highest BCUT2D eigenvalue weighted by Gasteiger charge is 2.28. The van der Waals surface area contributed by atoms with E-state index in [4.69, 9.17) is 0 Å². The molecule has 0 bridgehead atoms. The Morgan fingerprint density at radius 2 is 2.15 bits per heavy atom. The topological polar surface area (TPSA) is 91.4 Å². The third-order valence-electron chi connectivity index (χ3n) is 3.98. The SMILES string of the molecule is Cc1nc(C(C)C)sc1C(=O)Nc1cccc(CN2C(=O)CNC2=O)c1. The number of amides is 4. The van der Waals surface area contributed by atoms with Gasteiger partial charge in [-0.1, -0.05) is 26.0 Å². The smallest absolute Gasteiger partial charge is 0.324 e. The lowest BCUT2D eigenvalue weighted by atomic mass is 10.2. The number of nitrogens with zero attached hydrogens (tertiary/aromatic N) is 2. The first-order chi connectivity index (χ1) is 12.3. The van der Waals surface area contributed by atoms with E-state index in [2.05, 4.69) is 15.6 Å². The molecule has 8 heteroatoms. The summed E-state index contributed by atoms with van der Waals surface area (Å²) in [4.78, 5) is 42.1. The van der Waals surface area contributed by atoms with Crippen LogP contribution in [0.15, 0.2) is 24.3 Å². The van der Waals surface area contributed by atoms with E-state index in [0.717, 1.165) is 15.5 Å². The molecule has 0 spiro atoms. The summed E-state index contributed by atoms with van der Waals surface area (Å²) in [5, 5.41) is 6.28. The normalized spacial score (nSPS) is 14.1. The fourth-order valence-corrected chi connectivity index (χ4v) is 3.57. The zero-order valence-corrected chi connectivity index (χ0v) is 15.6. The van der Waals surface area contributed by atoms with Crippen LogP contribution in [0, 0.1) is 6.92 Å². The number of rotatable bonds is 5. The number of carbonyl (C=O) groups excluding carboxylic acids is 3. The molecule has 7 nitrogen and oxygen atoms in total. The molecule has 1 fully saturated rings. The maximum Gasteiger partial charge on any atom is 0.324 e. The second kappa shape index (κ2) is 7.25. The zero-order chi connectivity index (χ0) is 18.8. The van der Waals surface area contributed by atoms with Crippen LogP contribution < -0.4 is 10.6 Å². The molecule has 1 aliphatic rings. The summed E-state index contributed by atoms with van der Waals surface area (Å²) in [5.41, 5.74) is 2.09. The van der Waals surface area contributed by atoms with Crippen molar-refractivity contribution in [3.8, 4) is 0 Å². The Bertz CT molecular complexity index is 859. The Morgan fingerprint density at radius 1 is 1.38 bits per heavy atom. The van der Waals surface area contributed by atoms with Gasteiger partial charge in [-0.25, -0.2) is 9.78 Å². The Hall–Kier alpha value is -2.74. The minimum Gasteiger partial charge on any atom is -0.329 e. The van der Waals surface area contributed by atoms with Crippen molar-refractivity contribution in [2.24, 2.45) is 0 Å². The van der Waals surface area contributed by atoms with Crippen LogP contribution in [0.3, 0.4) is 0 Å². The Morgan fingerprint density at radius 3 is 2.77 bits per heavy atom. The number of hydrogen-bond donors (Lipinski definition) is 2. The minimum atomic E-state index is -0.397. The van der Waals surface area contributed by atoms with Crippen LogP contribution >= 0.6 is 11.3 Å². The zero-order valence-electron chi connectivity index (χ0n) is 14.8. The molecule has 1 aromatic carbocycles.